The molecule has 1 rings (SSSR count). The Kier molecular flexibility index (Phi) is 6.79. The zero-order chi connectivity index (χ0) is 15.0. The van der Waals surface area contributed by atoms with E-state index in [9.17, 15) is 9.18 Å². The fourth-order valence-electron chi connectivity index (χ4n) is 1.71. The summed E-state index contributed by atoms with van der Waals surface area (Å²) < 4.78 is 18.7. The molecule has 1 unspecified atom stereocenters. The number of carbonyl (C=O) groups is 1. The van der Waals surface area contributed by atoms with Gasteiger partial charge in [0.05, 0.1) is 6.61 Å². The Morgan fingerprint density at radius 2 is 2.25 bits per heavy atom. The predicted molar refractivity (Wildman–Crippen MR) is 75.5 cm³/mol. The number of ether oxygens (including phenoxy) is 1. The molecule has 0 aliphatic rings. The van der Waals surface area contributed by atoms with Gasteiger partial charge in [-0.25, -0.2) is 9.18 Å². The smallest absolute Gasteiger partial charge is 0.319 e. The first kappa shape index (κ1) is 16.2. The van der Waals surface area contributed by atoms with Crippen LogP contribution >= 0.6 is 0 Å². The first-order chi connectivity index (χ1) is 9.56. The molecule has 112 valence electrons. The maximum absolute atomic E-state index is 13.6. The van der Waals surface area contributed by atoms with E-state index in [1.165, 1.54) is 12.1 Å². The second kappa shape index (κ2) is 8.37. The minimum Gasteiger partial charge on any atom is -0.491 e. The summed E-state index contributed by atoms with van der Waals surface area (Å²) in [6.45, 7) is 4.09. The highest BCUT2D eigenvalue weighted by atomic mass is 19.1. The Labute approximate surface area is 118 Å². The van der Waals surface area contributed by atoms with Crippen molar-refractivity contribution < 1.29 is 19.0 Å². The molecule has 1 aromatic carbocycles. The number of rotatable bonds is 7. The molecule has 0 saturated carbocycles. The maximum atomic E-state index is 13.6. The Balaban J connectivity index is 2.51. The monoisotopic (exact) mass is 284 g/mol. The number of anilines is 1. The van der Waals surface area contributed by atoms with E-state index in [2.05, 4.69) is 10.6 Å². The van der Waals surface area contributed by atoms with Crippen LogP contribution in [0.25, 0.3) is 0 Å². The number of hydrogen-bond donors (Lipinski definition) is 3. The molecule has 0 bridgehead atoms. The first-order valence-electron chi connectivity index (χ1n) is 6.67. The van der Waals surface area contributed by atoms with Crippen molar-refractivity contribution in [3.8, 4) is 5.75 Å². The molecule has 2 amide bonds. The van der Waals surface area contributed by atoms with Crippen LogP contribution in [-0.4, -0.2) is 30.4 Å². The molecule has 0 heterocycles. The predicted octanol–water partition coefficient (Wildman–Crippen LogP) is 2.51. The molecule has 0 aliphatic heterocycles. The van der Waals surface area contributed by atoms with Crippen molar-refractivity contribution in [1.82, 2.24) is 5.32 Å². The Hall–Kier alpha value is -1.82. The van der Waals surface area contributed by atoms with Gasteiger partial charge in [0.1, 0.15) is 0 Å². The van der Waals surface area contributed by atoms with Gasteiger partial charge < -0.3 is 20.5 Å². The average molecular weight is 284 g/mol. The molecule has 0 saturated heterocycles. The van der Waals surface area contributed by atoms with Crippen molar-refractivity contribution in [2.24, 2.45) is 0 Å². The third-order valence-corrected chi connectivity index (χ3v) is 2.66. The summed E-state index contributed by atoms with van der Waals surface area (Å²) in [5, 5.41) is 14.0. The molecule has 1 atom stereocenters. The molecular formula is C14H21FN2O3. The summed E-state index contributed by atoms with van der Waals surface area (Å²) in [5.74, 6) is -0.354. The molecule has 6 heteroatoms. The lowest BCUT2D eigenvalue weighted by Gasteiger charge is -2.14. The van der Waals surface area contributed by atoms with E-state index in [0.29, 0.717) is 25.1 Å². The van der Waals surface area contributed by atoms with Gasteiger partial charge in [-0.2, -0.15) is 0 Å². The lowest BCUT2D eigenvalue weighted by molar-refractivity contribution is 0.245. The standard InChI is InChI=1S/C14H21FN2O3/c1-3-20-13-7-6-11(9-12(13)15)17-14(19)16-10(2)5-4-8-18/h6-7,9-10,18H,3-5,8H2,1-2H3,(H2,16,17,19). The summed E-state index contributed by atoms with van der Waals surface area (Å²) in [6.07, 6.45) is 1.31. The average Bonchev–Trinajstić information content (AvgIpc) is 2.39. The van der Waals surface area contributed by atoms with Crippen molar-refractivity contribution in [3.63, 3.8) is 0 Å². The van der Waals surface area contributed by atoms with Crippen molar-refractivity contribution in [2.75, 3.05) is 18.5 Å². The van der Waals surface area contributed by atoms with Gasteiger partial charge in [-0.1, -0.05) is 0 Å². The van der Waals surface area contributed by atoms with Gasteiger partial charge in [0, 0.05) is 24.4 Å². The van der Waals surface area contributed by atoms with Crippen LogP contribution in [0.15, 0.2) is 18.2 Å². The van der Waals surface area contributed by atoms with Gasteiger partial charge >= 0.3 is 6.03 Å². The molecule has 0 aromatic heterocycles. The molecule has 1 aromatic rings. The third kappa shape index (κ3) is 5.44. The Bertz CT molecular complexity index is 440. The molecule has 5 nitrogen and oxygen atoms in total. The number of amides is 2. The van der Waals surface area contributed by atoms with Crippen LogP contribution in [0, 0.1) is 5.82 Å². The maximum Gasteiger partial charge on any atom is 0.319 e. The second-order valence-corrected chi connectivity index (χ2v) is 4.44. The van der Waals surface area contributed by atoms with Crippen molar-refractivity contribution in [1.29, 1.82) is 0 Å². The van der Waals surface area contributed by atoms with Crippen LogP contribution in [0.5, 0.6) is 5.75 Å². The van der Waals surface area contributed by atoms with Crippen molar-refractivity contribution in [3.05, 3.63) is 24.0 Å². The second-order valence-electron chi connectivity index (χ2n) is 4.44. The molecular weight excluding hydrogens is 263 g/mol. The fraction of sp³-hybridized carbons (Fsp3) is 0.500. The lowest BCUT2D eigenvalue weighted by Crippen LogP contribution is -2.36. The van der Waals surface area contributed by atoms with E-state index in [0.717, 1.165) is 0 Å². The minimum absolute atomic E-state index is 0.0605. The fourth-order valence-corrected chi connectivity index (χ4v) is 1.71. The van der Waals surface area contributed by atoms with E-state index in [1.807, 2.05) is 6.92 Å². The van der Waals surface area contributed by atoms with E-state index < -0.39 is 11.8 Å². The lowest BCUT2D eigenvalue weighted by atomic mass is 10.2. The number of aliphatic hydroxyl groups is 1. The number of hydrogen-bond acceptors (Lipinski definition) is 3. The summed E-state index contributed by atoms with van der Waals surface area (Å²) in [6, 6.07) is 3.80. The zero-order valence-electron chi connectivity index (χ0n) is 11.8. The van der Waals surface area contributed by atoms with Gasteiger partial charge in [0.2, 0.25) is 0 Å². The molecule has 0 aliphatic carbocycles. The number of halogens is 1. The highest BCUT2D eigenvalue weighted by Gasteiger charge is 2.09. The SMILES string of the molecule is CCOc1ccc(NC(=O)NC(C)CCCO)cc1F. The van der Waals surface area contributed by atoms with E-state index in [-0.39, 0.29) is 18.4 Å². The number of carbonyl (C=O) groups excluding carboxylic acids is 1. The molecule has 0 spiro atoms. The van der Waals surface area contributed by atoms with E-state index in [4.69, 9.17) is 9.84 Å². The minimum atomic E-state index is -0.516. The van der Waals surface area contributed by atoms with Gasteiger partial charge in [-0.3, -0.25) is 0 Å². The Morgan fingerprint density at radius 3 is 2.85 bits per heavy atom. The quantitative estimate of drug-likeness (QED) is 0.720. The third-order valence-electron chi connectivity index (χ3n) is 2.66. The molecule has 20 heavy (non-hydrogen) atoms. The van der Waals surface area contributed by atoms with E-state index >= 15 is 0 Å². The van der Waals surface area contributed by atoms with Crippen LogP contribution in [-0.2, 0) is 0 Å². The Morgan fingerprint density at radius 1 is 1.50 bits per heavy atom. The first-order valence-corrected chi connectivity index (χ1v) is 6.67. The largest absolute Gasteiger partial charge is 0.491 e. The number of nitrogens with one attached hydrogen (secondary N) is 2. The van der Waals surface area contributed by atoms with E-state index in [1.54, 1.807) is 13.0 Å². The number of aliphatic hydroxyl groups excluding tert-OH is 1. The van der Waals surface area contributed by atoms with Gasteiger partial charge in [-0.15, -0.1) is 0 Å². The van der Waals surface area contributed by atoms with Gasteiger partial charge in [-0.05, 0) is 38.8 Å². The topological polar surface area (TPSA) is 70.6 Å². The molecule has 0 radical (unpaired) electrons. The summed E-state index contributed by atoms with van der Waals surface area (Å²) in [7, 11) is 0. The highest BCUT2D eigenvalue weighted by molar-refractivity contribution is 5.89. The number of benzene rings is 1. The van der Waals surface area contributed by atoms with Gasteiger partial charge in [0.25, 0.3) is 0 Å². The van der Waals surface area contributed by atoms with Crippen molar-refractivity contribution >= 4 is 11.7 Å². The molecule has 0 fully saturated rings. The van der Waals surface area contributed by atoms with Crippen LogP contribution in [0.3, 0.4) is 0 Å². The summed E-state index contributed by atoms with van der Waals surface area (Å²) >= 11 is 0. The van der Waals surface area contributed by atoms with Gasteiger partial charge in [0.15, 0.2) is 11.6 Å². The molecule has 3 N–H and O–H groups in total. The highest BCUT2D eigenvalue weighted by Crippen LogP contribution is 2.21. The number of urea groups is 1. The van der Waals surface area contributed by atoms with Crippen LogP contribution in [0.1, 0.15) is 26.7 Å². The van der Waals surface area contributed by atoms with Crippen LogP contribution < -0.4 is 15.4 Å². The van der Waals surface area contributed by atoms with Crippen LogP contribution in [0.2, 0.25) is 0 Å². The van der Waals surface area contributed by atoms with Crippen molar-refractivity contribution in [2.45, 2.75) is 32.7 Å². The summed E-state index contributed by atoms with van der Waals surface area (Å²) in [5.41, 5.74) is 0.359. The summed E-state index contributed by atoms with van der Waals surface area (Å²) in [4.78, 5) is 11.7. The normalized spacial score (nSPS) is 11.8. The zero-order valence-corrected chi connectivity index (χ0v) is 11.8. The van der Waals surface area contributed by atoms with Crippen LogP contribution in [0.4, 0.5) is 14.9 Å².